The molecule has 3 aromatic rings. The minimum absolute atomic E-state index is 0.0663. The fraction of sp³-hybridized carbons (Fsp3) is 0.429. The Kier molecular flexibility index (Phi) is 6.84. The van der Waals surface area contributed by atoms with Gasteiger partial charge in [-0.2, -0.15) is 5.10 Å². The average Bonchev–Trinajstić information content (AvgIpc) is 3.62. The second-order valence-corrected chi connectivity index (χ2v) is 9.38. The lowest BCUT2D eigenvalue weighted by atomic mass is 10.1. The third-order valence-corrected chi connectivity index (χ3v) is 6.81. The highest BCUT2D eigenvalue weighted by molar-refractivity contribution is 5.94. The van der Waals surface area contributed by atoms with Crippen molar-refractivity contribution in [3.63, 3.8) is 0 Å². The maximum Gasteiger partial charge on any atom is 0.254 e. The lowest BCUT2D eigenvalue weighted by molar-refractivity contribution is 0.0729. The summed E-state index contributed by atoms with van der Waals surface area (Å²) in [6.45, 7) is 0.565. The molecule has 2 aliphatic carbocycles. The van der Waals surface area contributed by atoms with Gasteiger partial charge >= 0.3 is 0 Å². The Labute approximate surface area is 201 Å². The first kappa shape index (κ1) is 22.5. The van der Waals surface area contributed by atoms with Crippen molar-refractivity contribution in [2.24, 2.45) is 0 Å². The molecule has 1 amide bonds. The summed E-state index contributed by atoms with van der Waals surface area (Å²) in [5, 5.41) is 4.26. The van der Waals surface area contributed by atoms with E-state index in [2.05, 4.69) is 11.2 Å². The van der Waals surface area contributed by atoms with Crippen LogP contribution in [0.5, 0.6) is 11.5 Å². The van der Waals surface area contributed by atoms with E-state index in [1.165, 1.54) is 25.7 Å². The van der Waals surface area contributed by atoms with Crippen LogP contribution in [0.15, 0.2) is 60.9 Å². The number of hydrogen-bond donors (Lipinski definition) is 0. The van der Waals surface area contributed by atoms with Gasteiger partial charge in [0.05, 0.1) is 18.9 Å². The summed E-state index contributed by atoms with van der Waals surface area (Å²) >= 11 is 0. The molecule has 2 fully saturated rings. The van der Waals surface area contributed by atoms with E-state index in [0.29, 0.717) is 18.2 Å². The van der Waals surface area contributed by atoms with Crippen LogP contribution < -0.4 is 9.47 Å². The quantitative estimate of drug-likeness (QED) is 0.400. The molecule has 0 unspecified atom stereocenters. The van der Waals surface area contributed by atoms with E-state index in [0.717, 1.165) is 48.4 Å². The van der Waals surface area contributed by atoms with Crippen LogP contribution >= 0.6 is 0 Å². The van der Waals surface area contributed by atoms with Gasteiger partial charge in [-0.3, -0.25) is 4.79 Å². The zero-order valence-electron chi connectivity index (χ0n) is 19.9. The zero-order valence-corrected chi connectivity index (χ0v) is 19.9. The van der Waals surface area contributed by atoms with Crippen molar-refractivity contribution in [2.75, 3.05) is 7.11 Å². The minimum atomic E-state index is 0.0663. The van der Waals surface area contributed by atoms with Crippen LogP contribution in [-0.2, 0) is 6.54 Å². The first-order chi connectivity index (χ1) is 16.7. The van der Waals surface area contributed by atoms with E-state index < -0.39 is 0 Å². The molecule has 0 spiro atoms. The molecule has 5 rings (SSSR count). The van der Waals surface area contributed by atoms with Gasteiger partial charge in [-0.25, -0.2) is 4.68 Å². The molecule has 1 heterocycles. The smallest absolute Gasteiger partial charge is 0.254 e. The number of methoxy groups -OCH3 is 1. The molecule has 2 saturated carbocycles. The number of benzene rings is 2. The number of carbonyl (C=O) groups is 1. The molecular weight excluding hydrogens is 426 g/mol. The Morgan fingerprint density at radius 3 is 2.41 bits per heavy atom. The summed E-state index contributed by atoms with van der Waals surface area (Å²) < 4.78 is 13.8. The monoisotopic (exact) mass is 459 g/mol. The molecule has 0 saturated heterocycles. The Hall–Kier alpha value is -3.28. The summed E-state index contributed by atoms with van der Waals surface area (Å²) in [5.41, 5.74) is 2.71. The molecule has 1 aromatic heterocycles. The van der Waals surface area contributed by atoms with E-state index in [1.54, 1.807) is 18.0 Å². The fourth-order valence-electron chi connectivity index (χ4n) is 4.74. The molecule has 6 nitrogen and oxygen atoms in total. The molecule has 0 N–H and O–H groups in total. The number of rotatable bonds is 8. The second kappa shape index (κ2) is 10.3. The molecule has 0 atom stereocenters. The number of hydrogen-bond acceptors (Lipinski definition) is 4. The van der Waals surface area contributed by atoms with Crippen LogP contribution in [0.1, 0.15) is 67.3 Å². The first-order valence-corrected chi connectivity index (χ1v) is 12.5. The van der Waals surface area contributed by atoms with Crippen molar-refractivity contribution in [1.82, 2.24) is 14.7 Å². The predicted molar refractivity (Wildman–Crippen MR) is 132 cm³/mol. The summed E-state index contributed by atoms with van der Waals surface area (Å²) in [5.74, 6) is 1.61. The Balaban J connectivity index is 1.32. The lowest BCUT2D eigenvalue weighted by Gasteiger charge is -2.24. The molecule has 0 radical (unpaired) electrons. The molecule has 2 aromatic carbocycles. The van der Waals surface area contributed by atoms with E-state index in [9.17, 15) is 4.79 Å². The second-order valence-electron chi connectivity index (χ2n) is 9.38. The Morgan fingerprint density at radius 2 is 1.76 bits per heavy atom. The molecule has 178 valence electrons. The first-order valence-electron chi connectivity index (χ1n) is 12.5. The van der Waals surface area contributed by atoms with Crippen LogP contribution in [0, 0.1) is 0 Å². The molecule has 0 bridgehead atoms. The maximum atomic E-state index is 13.4. The van der Waals surface area contributed by atoms with E-state index >= 15 is 0 Å². The number of amides is 1. The van der Waals surface area contributed by atoms with E-state index in [-0.39, 0.29) is 12.0 Å². The highest BCUT2D eigenvalue weighted by atomic mass is 16.5. The summed E-state index contributed by atoms with van der Waals surface area (Å²) in [7, 11) is 1.68. The van der Waals surface area contributed by atoms with Crippen molar-refractivity contribution < 1.29 is 14.3 Å². The van der Waals surface area contributed by atoms with Gasteiger partial charge in [0.2, 0.25) is 0 Å². The van der Waals surface area contributed by atoms with Crippen molar-refractivity contribution in [3.05, 3.63) is 72.1 Å². The minimum Gasteiger partial charge on any atom is -0.493 e. The van der Waals surface area contributed by atoms with Gasteiger partial charge in [0, 0.05) is 30.5 Å². The van der Waals surface area contributed by atoms with Gasteiger partial charge in [0.1, 0.15) is 0 Å². The SMILES string of the molecule is COc1ccc(CN(C(=O)c2ccc(-n3cccn3)cc2)C2CC2)cc1OC1CCCCCC1. The van der Waals surface area contributed by atoms with Gasteiger partial charge in [0.25, 0.3) is 5.91 Å². The van der Waals surface area contributed by atoms with E-state index in [4.69, 9.17) is 9.47 Å². The summed E-state index contributed by atoms with van der Waals surface area (Å²) in [4.78, 5) is 15.4. The molecule has 2 aliphatic rings. The topological polar surface area (TPSA) is 56.6 Å². The van der Waals surface area contributed by atoms with Gasteiger partial charge in [-0.1, -0.05) is 18.9 Å². The largest absolute Gasteiger partial charge is 0.493 e. The number of carbonyl (C=O) groups excluding carboxylic acids is 1. The van der Waals surface area contributed by atoms with Crippen molar-refractivity contribution in [2.45, 2.75) is 70.1 Å². The molecule has 34 heavy (non-hydrogen) atoms. The number of nitrogens with zero attached hydrogens (tertiary/aromatic N) is 3. The van der Waals surface area contributed by atoms with Crippen molar-refractivity contribution in [3.8, 4) is 17.2 Å². The van der Waals surface area contributed by atoms with Crippen LogP contribution in [0.2, 0.25) is 0 Å². The van der Waals surface area contributed by atoms with Crippen molar-refractivity contribution in [1.29, 1.82) is 0 Å². The fourth-order valence-corrected chi connectivity index (χ4v) is 4.74. The van der Waals surface area contributed by atoms with Crippen molar-refractivity contribution >= 4 is 5.91 Å². The van der Waals surface area contributed by atoms with Crippen LogP contribution in [0.3, 0.4) is 0 Å². The molecular formula is C28H33N3O3. The van der Waals surface area contributed by atoms with Crippen LogP contribution in [-0.4, -0.2) is 39.8 Å². The average molecular weight is 460 g/mol. The highest BCUT2D eigenvalue weighted by Crippen LogP contribution is 2.34. The van der Waals surface area contributed by atoms with Crippen LogP contribution in [0.25, 0.3) is 5.69 Å². The molecule has 0 aliphatic heterocycles. The third kappa shape index (κ3) is 5.27. The number of aromatic nitrogens is 2. The summed E-state index contributed by atoms with van der Waals surface area (Å²) in [6, 6.07) is 15.9. The Morgan fingerprint density at radius 1 is 1.00 bits per heavy atom. The van der Waals surface area contributed by atoms with Gasteiger partial charge in [0.15, 0.2) is 11.5 Å². The predicted octanol–water partition coefficient (Wildman–Crippen LogP) is 5.79. The van der Waals surface area contributed by atoms with Gasteiger partial charge in [-0.05, 0) is 86.6 Å². The van der Waals surface area contributed by atoms with Crippen LogP contribution in [0.4, 0.5) is 0 Å². The van der Waals surface area contributed by atoms with Gasteiger partial charge in [-0.15, -0.1) is 0 Å². The van der Waals surface area contributed by atoms with Gasteiger partial charge < -0.3 is 14.4 Å². The Bertz CT molecular complexity index is 1080. The number of ether oxygens (including phenoxy) is 2. The maximum absolute atomic E-state index is 13.4. The summed E-state index contributed by atoms with van der Waals surface area (Å²) in [6.07, 6.45) is 13.2. The zero-order chi connectivity index (χ0) is 23.3. The third-order valence-electron chi connectivity index (χ3n) is 6.81. The lowest BCUT2D eigenvalue weighted by Crippen LogP contribution is -2.32. The normalized spacial score (nSPS) is 16.6. The molecule has 6 heteroatoms. The van der Waals surface area contributed by atoms with E-state index in [1.807, 2.05) is 53.6 Å². The standard InChI is InChI=1S/C28H33N3O3/c1-33-26-16-9-21(19-27(26)34-25-7-4-2-3-5-8-25)20-30(23-14-15-23)28(32)22-10-12-24(13-11-22)31-18-6-17-29-31/h6,9-13,16-19,23,25H,2-5,7-8,14-15,20H2,1H3. The highest BCUT2D eigenvalue weighted by Gasteiger charge is 2.33.